The minimum atomic E-state index is -0.463. The van der Waals surface area contributed by atoms with Crippen molar-refractivity contribution in [3.63, 3.8) is 0 Å². The fourth-order valence-electron chi connectivity index (χ4n) is 1.50. The van der Waals surface area contributed by atoms with Gasteiger partial charge in [0, 0.05) is 13.2 Å². The molecule has 3 N–H and O–H groups in total. The van der Waals surface area contributed by atoms with E-state index in [1.54, 1.807) is 0 Å². The van der Waals surface area contributed by atoms with Crippen LogP contribution in [0.25, 0.3) is 0 Å². The summed E-state index contributed by atoms with van der Waals surface area (Å²) in [5.74, 6) is 0. The highest BCUT2D eigenvalue weighted by Crippen LogP contribution is 2.10. The van der Waals surface area contributed by atoms with Gasteiger partial charge in [-0.25, -0.2) is 0 Å². The van der Waals surface area contributed by atoms with Gasteiger partial charge in [-0.3, -0.25) is 0 Å². The number of aliphatic hydroxyl groups excluding tert-OH is 2. The van der Waals surface area contributed by atoms with Crippen LogP contribution in [0.4, 0.5) is 0 Å². The molecule has 0 aliphatic heterocycles. The van der Waals surface area contributed by atoms with Crippen LogP contribution >= 0.6 is 0 Å². The Morgan fingerprint density at radius 1 is 1.18 bits per heavy atom. The molecule has 1 atom stereocenters. The minimum absolute atomic E-state index is 0.0696. The van der Waals surface area contributed by atoms with Gasteiger partial charge in [0.05, 0.1) is 19.3 Å². The lowest BCUT2D eigenvalue weighted by atomic mass is 10.1. The highest BCUT2D eigenvalue weighted by molar-refractivity contribution is 5.17. The predicted molar refractivity (Wildman–Crippen MR) is 66.8 cm³/mol. The summed E-state index contributed by atoms with van der Waals surface area (Å²) in [4.78, 5) is 0. The van der Waals surface area contributed by atoms with E-state index in [-0.39, 0.29) is 6.61 Å². The summed E-state index contributed by atoms with van der Waals surface area (Å²) in [6.07, 6.45) is 0.413. The lowest BCUT2D eigenvalue weighted by Gasteiger charge is -2.12. The summed E-state index contributed by atoms with van der Waals surface area (Å²) >= 11 is 0. The van der Waals surface area contributed by atoms with E-state index in [2.05, 4.69) is 5.32 Å². The molecule has 1 aromatic rings. The first-order valence-electron chi connectivity index (χ1n) is 5.97. The minimum Gasteiger partial charge on any atom is -0.394 e. The summed E-state index contributed by atoms with van der Waals surface area (Å²) in [5, 5.41) is 21.5. The van der Waals surface area contributed by atoms with Crippen molar-refractivity contribution >= 4 is 0 Å². The van der Waals surface area contributed by atoms with E-state index in [0.29, 0.717) is 19.8 Å². The third-order valence-corrected chi connectivity index (χ3v) is 2.40. The monoisotopic (exact) mass is 239 g/mol. The molecule has 17 heavy (non-hydrogen) atoms. The second kappa shape index (κ2) is 9.13. The quantitative estimate of drug-likeness (QED) is 0.555. The Morgan fingerprint density at radius 3 is 2.65 bits per heavy atom. The molecule has 96 valence electrons. The zero-order valence-corrected chi connectivity index (χ0v) is 10.0. The van der Waals surface area contributed by atoms with Gasteiger partial charge in [0.2, 0.25) is 0 Å². The van der Waals surface area contributed by atoms with Crippen molar-refractivity contribution in [1.82, 2.24) is 5.32 Å². The highest BCUT2D eigenvalue weighted by Gasteiger charge is 2.04. The van der Waals surface area contributed by atoms with E-state index in [9.17, 15) is 5.11 Å². The molecule has 0 fully saturated rings. The first-order chi connectivity index (χ1) is 8.34. The van der Waals surface area contributed by atoms with Crippen molar-refractivity contribution < 1.29 is 14.9 Å². The van der Waals surface area contributed by atoms with Gasteiger partial charge in [0.25, 0.3) is 0 Å². The number of benzene rings is 1. The third kappa shape index (κ3) is 6.38. The fraction of sp³-hybridized carbons (Fsp3) is 0.538. The molecule has 0 amide bonds. The van der Waals surface area contributed by atoms with Gasteiger partial charge >= 0.3 is 0 Å². The van der Waals surface area contributed by atoms with Crippen LogP contribution in [-0.2, 0) is 4.74 Å². The summed E-state index contributed by atoms with van der Waals surface area (Å²) in [7, 11) is 0. The first-order valence-corrected chi connectivity index (χ1v) is 5.97. The number of hydrogen-bond acceptors (Lipinski definition) is 4. The zero-order valence-electron chi connectivity index (χ0n) is 10.0. The van der Waals surface area contributed by atoms with Crippen LogP contribution in [0.5, 0.6) is 0 Å². The molecule has 0 radical (unpaired) electrons. The van der Waals surface area contributed by atoms with E-state index >= 15 is 0 Å². The SMILES string of the molecule is OCCOCCCNCC(O)c1ccccc1. The Labute approximate surface area is 102 Å². The summed E-state index contributed by atoms with van der Waals surface area (Å²) < 4.78 is 5.12. The van der Waals surface area contributed by atoms with Crippen molar-refractivity contribution in [3.8, 4) is 0 Å². The molecule has 0 saturated heterocycles. The van der Waals surface area contributed by atoms with Gasteiger partial charge in [-0.15, -0.1) is 0 Å². The second-order valence-electron chi connectivity index (χ2n) is 3.82. The Kier molecular flexibility index (Phi) is 7.58. The average molecular weight is 239 g/mol. The normalized spacial score (nSPS) is 12.6. The van der Waals surface area contributed by atoms with Crippen LogP contribution in [-0.4, -0.2) is 43.1 Å². The molecule has 4 nitrogen and oxygen atoms in total. The average Bonchev–Trinajstić information content (AvgIpc) is 2.38. The van der Waals surface area contributed by atoms with Crippen LogP contribution in [0.15, 0.2) is 30.3 Å². The Balaban J connectivity index is 2.03. The van der Waals surface area contributed by atoms with E-state index in [1.165, 1.54) is 0 Å². The molecule has 0 spiro atoms. The Hall–Kier alpha value is -0.940. The Bertz CT molecular complexity index is 279. The van der Waals surface area contributed by atoms with Crippen LogP contribution < -0.4 is 5.32 Å². The molecule has 4 heteroatoms. The molecular formula is C13H21NO3. The summed E-state index contributed by atoms with van der Waals surface area (Å²) in [6.45, 7) is 2.45. The van der Waals surface area contributed by atoms with Gasteiger partial charge in [0.1, 0.15) is 0 Å². The molecule has 0 saturated carbocycles. The predicted octanol–water partition coefficient (Wildman–Crippen LogP) is 0.709. The van der Waals surface area contributed by atoms with Crippen molar-refractivity contribution in [2.75, 3.05) is 32.9 Å². The lowest BCUT2D eigenvalue weighted by molar-refractivity contribution is 0.0899. The zero-order chi connectivity index (χ0) is 12.3. The summed E-state index contributed by atoms with van der Waals surface area (Å²) in [6, 6.07) is 9.60. The van der Waals surface area contributed by atoms with E-state index < -0.39 is 6.10 Å². The standard InChI is InChI=1S/C13H21NO3/c15-8-10-17-9-4-7-14-11-13(16)12-5-2-1-3-6-12/h1-3,5-6,13-16H,4,7-11H2. The van der Waals surface area contributed by atoms with Gasteiger partial charge < -0.3 is 20.3 Å². The van der Waals surface area contributed by atoms with Crippen molar-refractivity contribution in [1.29, 1.82) is 0 Å². The molecule has 0 aromatic heterocycles. The first kappa shape index (κ1) is 14.1. The number of rotatable bonds is 9. The highest BCUT2D eigenvalue weighted by atomic mass is 16.5. The molecule has 0 heterocycles. The summed E-state index contributed by atoms with van der Waals surface area (Å²) in [5.41, 5.74) is 0.927. The van der Waals surface area contributed by atoms with E-state index in [0.717, 1.165) is 18.5 Å². The van der Waals surface area contributed by atoms with E-state index in [1.807, 2.05) is 30.3 Å². The molecule has 0 aliphatic carbocycles. The van der Waals surface area contributed by atoms with Gasteiger partial charge in [0.15, 0.2) is 0 Å². The second-order valence-corrected chi connectivity index (χ2v) is 3.82. The van der Waals surface area contributed by atoms with Crippen LogP contribution in [0.3, 0.4) is 0 Å². The maximum absolute atomic E-state index is 9.83. The fourth-order valence-corrected chi connectivity index (χ4v) is 1.50. The van der Waals surface area contributed by atoms with Gasteiger partial charge in [-0.1, -0.05) is 30.3 Å². The number of ether oxygens (including phenoxy) is 1. The molecule has 1 aromatic carbocycles. The largest absolute Gasteiger partial charge is 0.394 e. The van der Waals surface area contributed by atoms with Crippen LogP contribution in [0.2, 0.25) is 0 Å². The molecule has 1 unspecified atom stereocenters. The number of hydrogen-bond donors (Lipinski definition) is 3. The van der Waals surface area contributed by atoms with Gasteiger partial charge in [-0.2, -0.15) is 0 Å². The van der Waals surface area contributed by atoms with E-state index in [4.69, 9.17) is 9.84 Å². The number of aliphatic hydroxyl groups is 2. The third-order valence-electron chi connectivity index (χ3n) is 2.40. The van der Waals surface area contributed by atoms with Crippen molar-refractivity contribution in [2.24, 2.45) is 0 Å². The van der Waals surface area contributed by atoms with Crippen molar-refractivity contribution in [3.05, 3.63) is 35.9 Å². The van der Waals surface area contributed by atoms with Crippen LogP contribution in [0.1, 0.15) is 18.1 Å². The van der Waals surface area contributed by atoms with Gasteiger partial charge in [-0.05, 0) is 18.5 Å². The molecular weight excluding hydrogens is 218 g/mol. The van der Waals surface area contributed by atoms with Crippen LogP contribution in [0, 0.1) is 0 Å². The maximum atomic E-state index is 9.83. The molecule has 0 bridgehead atoms. The topological polar surface area (TPSA) is 61.7 Å². The molecule has 1 rings (SSSR count). The number of nitrogens with one attached hydrogen (secondary N) is 1. The van der Waals surface area contributed by atoms with Crippen molar-refractivity contribution in [2.45, 2.75) is 12.5 Å². The Morgan fingerprint density at radius 2 is 1.94 bits per heavy atom. The molecule has 0 aliphatic rings. The maximum Gasteiger partial charge on any atom is 0.0914 e. The lowest BCUT2D eigenvalue weighted by Crippen LogP contribution is -2.23. The smallest absolute Gasteiger partial charge is 0.0914 e.